The third-order valence-electron chi connectivity index (χ3n) is 1.95. The van der Waals surface area contributed by atoms with E-state index in [0.717, 1.165) is 19.3 Å². The number of hydrogen-bond donors (Lipinski definition) is 0. The van der Waals surface area contributed by atoms with Gasteiger partial charge in [-0.05, 0) is 17.8 Å². The maximum absolute atomic E-state index is 11.1. The lowest BCUT2D eigenvalue weighted by atomic mass is 9.72. The molecule has 1 radical (unpaired) electrons. The van der Waals surface area contributed by atoms with Gasteiger partial charge >= 0.3 is 0 Å². The van der Waals surface area contributed by atoms with Crippen LogP contribution < -0.4 is 0 Å². The lowest BCUT2D eigenvalue weighted by molar-refractivity contribution is -0.122. The summed E-state index contributed by atoms with van der Waals surface area (Å²) < 4.78 is 0. The van der Waals surface area contributed by atoms with Gasteiger partial charge in [0, 0.05) is 12.8 Å². The Bertz CT molecular complexity index is 147. The molecule has 1 nitrogen and oxygen atoms in total. The zero-order valence-electron chi connectivity index (χ0n) is 7.03. The van der Waals surface area contributed by atoms with E-state index in [-0.39, 0.29) is 5.41 Å². The van der Waals surface area contributed by atoms with Gasteiger partial charge in [-0.25, -0.2) is 0 Å². The third kappa shape index (κ3) is 1.83. The lowest BCUT2D eigenvalue weighted by Gasteiger charge is -2.31. The van der Waals surface area contributed by atoms with E-state index in [9.17, 15) is 4.79 Å². The van der Waals surface area contributed by atoms with Crippen LogP contribution in [0.15, 0.2) is 0 Å². The first kappa shape index (κ1) is 7.77. The number of ketones is 1. The van der Waals surface area contributed by atoms with Crippen molar-refractivity contribution in [3.05, 3.63) is 5.92 Å². The molecule has 0 unspecified atom stereocenters. The molecule has 0 N–H and O–H groups in total. The fourth-order valence-electron chi connectivity index (χ4n) is 1.87. The Hall–Kier alpha value is -0.330. The van der Waals surface area contributed by atoms with Crippen molar-refractivity contribution in [3.8, 4) is 0 Å². The molecule has 57 valence electrons. The topological polar surface area (TPSA) is 17.1 Å². The summed E-state index contributed by atoms with van der Waals surface area (Å²) >= 11 is 0. The van der Waals surface area contributed by atoms with Gasteiger partial charge in [0.15, 0.2) is 0 Å². The second-order valence-corrected chi connectivity index (χ2v) is 4.19. The SMILES string of the molecule is C[C]1CC(=O)CC(C)(C)C1. The van der Waals surface area contributed by atoms with Crippen LogP contribution in [0.5, 0.6) is 0 Å². The minimum absolute atomic E-state index is 0.236. The highest BCUT2D eigenvalue weighted by atomic mass is 16.1. The molecule has 0 heterocycles. The first-order valence-corrected chi connectivity index (χ1v) is 3.83. The molecule has 0 saturated heterocycles. The van der Waals surface area contributed by atoms with Crippen LogP contribution in [-0.2, 0) is 4.79 Å². The van der Waals surface area contributed by atoms with Gasteiger partial charge in [0.1, 0.15) is 5.78 Å². The average Bonchev–Trinajstić information content (AvgIpc) is 1.54. The van der Waals surface area contributed by atoms with E-state index in [0.29, 0.717) is 5.78 Å². The molecule has 1 fully saturated rings. The summed E-state index contributed by atoms with van der Waals surface area (Å²) in [7, 11) is 0. The molecule has 1 saturated carbocycles. The summed E-state index contributed by atoms with van der Waals surface area (Å²) in [4.78, 5) is 11.1. The number of carbonyl (C=O) groups excluding carboxylic acids is 1. The summed E-state index contributed by atoms with van der Waals surface area (Å²) in [6.45, 7) is 6.40. The molecule has 10 heavy (non-hydrogen) atoms. The lowest BCUT2D eigenvalue weighted by Crippen LogP contribution is -2.26. The Morgan fingerprint density at radius 2 is 1.90 bits per heavy atom. The fourth-order valence-corrected chi connectivity index (χ4v) is 1.87. The molecule has 0 bridgehead atoms. The Kier molecular flexibility index (Phi) is 1.84. The van der Waals surface area contributed by atoms with Crippen molar-refractivity contribution in [1.29, 1.82) is 0 Å². The van der Waals surface area contributed by atoms with Crippen molar-refractivity contribution in [2.75, 3.05) is 0 Å². The van der Waals surface area contributed by atoms with Crippen LogP contribution in [0.3, 0.4) is 0 Å². The minimum Gasteiger partial charge on any atom is -0.300 e. The van der Waals surface area contributed by atoms with Gasteiger partial charge in [-0.3, -0.25) is 4.79 Å². The van der Waals surface area contributed by atoms with Gasteiger partial charge in [-0.15, -0.1) is 0 Å². The van der Waals surface area contributed by atoms with Gasteiger partial charge in [-0.1, -0.05) is 20.8 Å². The van der Waals surface area contributed by atoms with Crippen molar-refractivity contribution in [1.82, 2.24) is 0 Å². The molecular weight excluding hydrogens is 124 g/mol. The normalized spacial score (nSPS) is 26.9. The Balaban J connectivity index is 2.59. The summed E-state index contributed by atoms with van der Waals surface area (Å²) in [5, 5.41) is 0. The van der Waals surface area contributed by atoms with Gasteiger partial charge in [0.05, 0.1) is 0 Å². The van der Waals surface area contributed by atoms with Crippen LogP contribution in [0.2, 0.25) is 0 Å². The summed E-state index contributed by atoms with van der Waals surface area (Å²) in [5.74, 6) is 1.76. The number of rotatable bonds is 0. The predicted molar refractivity (Wildman–Crippen MR) is 41.6 cm³/mol. The highest BCUT2D eigenvalue weighted by Gasteiger charge is 2.30. The van der Waals surface area contributed by atoms with Crippen molar-refractivity contribution in [3.63, 3.8) is 0 Å². The van der Waals surface area contributed by atoms with Crippen LogP contribution >= 0.6 is 0 Å². The van der Waals surface area contributed by atoms with Gasteiger partial charge in [-0.2, -0.15) is 0 Å². The van der Waals surface area contributed by atoms with Gasteiger partial charge in [0.25, 0.3) is 0 Å². The monoisotopic (exact) mass is 139 g/mol. The first-order chi connectivity index (χ1) is 4.49. The fraction of sp³-hybridized carbons (Fsp3) is 0.778. The predicted octanol–water partition coefficient (Wildman–Crippen LogP) is 2.36. The highest BCUT2D eigenvalue weighted by Crippen LogP contribution is 2.37. The van der Waals surface area contributed by atoms with Crippen LogP contribution in [0.25, 0.3) is 0 Å². The van der Waals surface area contributed by atoms with Crippen molar-refractivity contribution in [2.45, 2.75) is 40.0 Å². The average molecular weight is 139 g/mol. The molecule has 0 spiro atoms. The smallest absolute Gasteiger partial charge is 0.134 e. The van der Waals surface area contributed by atoms with Gasteiger partial charge in [0.2, 0.25) is 0 Å². The Labute approximate surface area is 62.8 Å². The second kappa shape index (κ2) is 2.37. The molecule has 1 rings (SSSR count). The van der Waals surface area contributed by atoms with Crippen LogP contribution in [0.4, 0.5) is 0 Å². The van der Waals surface area contributed by atoms with E-state index >= 15 is 0 Å². The van der Waals surface area contributed by atoms with Crippen LogP contribution in [-0.4, -0.2) is 5.78 Å². The summed E-state index contributed by atoms with van der Waals surface area (Å²) in [6, 6.07) is 0. The van der Waals surface area contributed by atoms with Crippen molar-refractivity contribution in [2.24, 2.45) is 5.41 Å². The number of carbonyl (C=O) groups is 1. The van der Waals surface area contributed by atoms with E-state index in [1.807, 2.05) is 0 Å². The Morgan fingerprint density at radius 1 is 1.30 bits per heavy atom. The molecule has 0 aromatic carbocycles. The maximum Gasteiger partial charge on any atom is 0.134 e. The molecule has 0 aromatic rings. The highest BCUT2D eigenvalue weighted by molar-refractivity contribution is 5.81. The van der Waals surface area contributed by atoms with Crippen molar-refractivity contribution < 1.29 is 4.79 Å². The van der Waals surface area contributed by atoms with E-state index in [4.69, 9.17) is 0 Å². The molecule has 0 atom stereocenters. The minimum atomic E-state index is 0.236. The quantitative estimate of drug-likeness (QED) is 0.503. The van der Waals surface area contributed by atoms with Crippen molar-refractivity contribution >= 4 is 5.78 Å². The molecule has 0 aliphatic heterocycles. The molecule has 1 aliphatic rings. The van der Waals surface area contributed by atoms with Gasteiger partial charge < -0.3 is 0 Å². The van der Waals surface area contributed by atoms with E-state index in [1.54, 1.807) is 0 Å². The third-order valence-corrected chi connectivity index (χ3v) is 1.95. The maximum atomic E-state index is 11.1. The summed E-state index contributed by atoms with van der Waals surface area (Å²) in [5.41, 5.74) is 0.236. The Morgan fingerprint density at radius 3 is 2.30 bits per heavy atom. The van der Waals surface area contributed by atoms with E-state index in [1.165, 1.54) is 5.92 Å². The standard InChI is InChI=1S/C9H15O/c1-7-4-8(10)6-9(2,3)5-7/h4-6H2,1-3H3. The van der Waals surface area contributed by atoms with Crippen LogP contribution in [0.1, 0.15) is 40.0 Å². The number of Topliss-reactive ketones (excluding diaryl/α,β-unsaturated/α-hetero) is 1. The molecule has 0 aromatic heterocycles. The molecule has 1 aliphatic carbocycles. The zero-order valence-corrected chi connectivity index (χ0v) is 7.03. The van der Waals surface area contributed by atoms with Crippen LogP contribution in [0, 0.1) is 11.3 Å². The first-order valence-electron chi connectivity index (χ1n) is 3.83. The molecular formula is C9H15O. The number of hydrogen-bond acceptors (Lipinski definition) is 1. The second-order valence-electron chi connectivity index (χ2n) is 4.19. The largest absolute Gasteiger partial charge is 0.300 e. The molecule has 1 heteroatoms. The van der Waals surface area contributed by atoms with E-state index in [2.05, 4.69) is 20.8 Å². The summed E-state index contributed by atoms with van der Waals surface area (Å²) in [6.07, 6.45) is 2.62. The molecule has 0 amide bonds. The van der Waals surface area contributed by atoms with E-state index < -0.39 is 0 Å². The zero-order chi connectivity index (χ0) is 7.78.